The Hall–Kier alpha value is -1.83. The van der Waals surface area contributed by atoms with Crippen LogP contribution in [0.5, 0.6) is 5.75 Å². The van der Waals surface area contributed by atoms with E-state index in [1.807, 2.05) is 0 Å². The highest BCUT2D eigenvalue weighted by Gasteiger charge is 2.28. The maximum atomic E-state index is 11.0. The number of halogens is 1. The average molecular weight is 302 g/mol. The molecule has 0 saturated carbocycles. The fourth-order valence-electron chi connectivity index (χ4n) is 1.65. The molecule has 2 amide bonds. The number of carbonyl (C=O) groups is 1. The number of nitro benzene ring substituents is 1. The zero-order valence-corrected chi connectivity index (χ0v) is 10.0. The lowest BCUT2D eigenvalue weighted by atomic mass is 10.1. The van der Waals surface area contributed by atoms with Crippen LogP contribution in [0.15, 0.2) is 16.6 Å². The van der Waals surface area contributed by atoms with Crippen LogP contribution in [-0.4, -0.2) is 22.6 Å². The van der Waals surface area contributed by atoms with Gasteiger partial charge < -0.3 is 15.7 Å². The molecule has 1 atom stereocenters. The number of carbonyl (C=O) groups excluding carboxylic acids is 1. The molecule has 0 unspecified atom stereocenters. The van der Waals surface area contributed by atoms with Crippen molar-refractivity contribution in [2.75, 3.05) is 6.54 Å². The number of rotatable bonds is 2. The van der Waals surface area contributed by atoms with Gasteiger partial charge >= 0.3 is 11.7 Å². The lowest BCUT2D eigenvalue weighted by molar-refractivity contribution is -0.386. The molecule has 3 N–H and O–H groups in total. The monoisotopic (exact) mass is 301 g/mol. The second kappa shape index (κ2) is 4.21. The van der Waals surface area contributed by atoms with Crippen molar-refractivity contribution in [1.29, 1.82) is 0 Å². The molecule has 1 aromatic carbocycles. The van der Waals surface area contributed by atoms with Crippen LogP contribution < -0.4 is 10.6 Å². The average Bonchev–Trinajstić information content (AvgIpc) is 2.67. The summed E-state index contributed by atoms with van der Waals surface area (Å²) in [6.45, 7) is 0.278. The minimum atomic E-state index is -0.673. The van der Waals surface area contributed by atoms with Gasteiger partial charge in [0.05, 0.1) is 11.0 Å². The van der Waals surface area contributed by atoms with E-state index in [4.69, 9.17) is 0 Å². The molecule has 1 heterocycles. The second-order valence-corrected chi connectivity index (χ2v) is 4.44. The normalized spacial score (nSPS) is 18.6. The maximum Gasteiger partial charge on any atom is 0.315 e. The Labute approximate surface area is 104 Å². The van der Waals surface area contributed by atoms with E-state index in [0.717, 1.165) is 0 Å². The van der Waals surface area contributed by atoms with Crippen molar-refractivity contribution in [2.24, 2.45) is 0 Å². The number of nitrogens with zero attached hydrogens (tertiary/aromatic N) is 1. The largest absolute Gasteiger partial charge is 0.502 e. The van der Waals surface area contributed by atoms with Gasteiger partial charge in [0.1, 0.15) is 0 Å². The van der Waals surface area contributed by atoms with E-state index in [2.05, 4.69) is 26.6 Å². The summed E-state index contributed by atoms with van der Waals surface area (Å²) in [5, 5.41) is 25.6. The lowest BCUT2D eigenvalue weighted by Gasteiger charge is -2.11. The molecular formula is C9H8BrN3O4. The number of urea groups is 1. The Kier molecular flexibility index (Phi) is 2.88. The van der Waals surface area contributed by atoms with Gasteiger partial charge in [0, 0.05) is 22.6 Å². The predicted octanol–water partition coefficient (Wildman–Crippen LogP) is 1.42. The number of phenols is 1. The first kappa shape index (κ1) is 11.6. The lowest BCUT2D eigenvalue weighted by Crippen LogP contribution is -2.21. The molecule has 8 heteroatoms. The van der Waals surface area contributed by atoms with Crippen molar-refractivity contribution in [3.8, 4) is 5.75 Å². The van der Waals surface area contributed by atoms with Crippen LogP contribution in [0.3, 0.4) is 0 Å². The molecule has 2 rings (SSSR count). The Morgan fingerprint density at radius 2 is 2.24 bits per heavy atom. The van der Waals surface area contributed by atoms with E-state index in [-0.39, 0.29) is 12.6 Å². The Morgan fingerprint density at radius 3 is 2.76 bits per heavy atom. The number of benzene rings is 1. The van der Waals surface area contributed by atoms with Gasteiger partial charge in [0.2, 0.25) is 0 Å². The second-order valence-electron chi connectivity index (χ2n) is 3.53. The first-order chi connectivity index (χ1) is 7.99. The summed E-state index contributed by atoms with van der Waals surface area (Å²) < 4.78 is 0.471. The van der Waals surface area contributed by atoms with Crippen molar-refractivity contribution in [2.45, 2.75) is 6.04 Å². The summed E-state index contributed by atoms with van der Waals surface area (Å²) >= 11 is 3.13. The SMILES string of the molecule is O=C1NC[C@H](c2cc(Br)cc([N+](=O)[O-])c2O)N1. The van der Waals surface area contributed by atoms with Crippen LogP contribution in [0.2, 0.25) is 0 Å². The quantitative estimate of drug-likeness (QED) is 0.567. The molecule has 1 fully saturated rings. The number of hydrogen-bond acceptors (Lipinski definition) is 4. The fourth-order valence-corrected chi connectivity index (χ4v) is 2.12. The molecule has 1 aliphatic rings. The minimum Gasteiger partial charge on any atom is -0.502 e. The van der Waals surface area contributed by atoms with Crippen molar-refractivity contribution in [1.82, 2.24) is 10.6 Å². The van der Waals surface area contributed by atoms with Gasteiger partial charge in [-0.05, 0) is 6.07 Å². The number of aromatic hydroxyl groups is 1. The molecule has 1 saturated heterocycles. The third-order valence-corrected chi connectivity index (χ3v) is 2.89. The first-order valence-corrected chi connectivity index (χ1v) is 5.49. The number of nitro groups is 1. The van der Waals surface area contributed by atoms with Crippen molar-refractivity contribution in [3.63, 3.8) is 0 Å². The Balaban J connectivity index is 2.46. The van der Waals surface area contributed by atoms with Crippen molar-refractivity contribution in [3.05, 3.63) is 32.3 Å². The highest BCUT2D eigenvalue weighted by Crippen LogP contribution is 2.37. The smallest absolute Gasteiger partial charge is 0.315 e. The molecule has 90 valence electrons. The minimum absolute atomic E-state index is 0.278. The fraction of sp³-hybridized carbons (Fsp3) is 0.222. The van der Waals surface area contributed by atoms with Crippen LogP contribution in [0.25, 0.3) is 0 Å². The van der Waals surface area contributed by atoms with Gasteiger partial charge in [-0.25, -0.2) is 4.79 Å². The van der Waals surface area contributed by atoms with E-state index in [1.165, 1.54) is 6.07 Å². The van der Waals surface area contributed by atoms with Gasteiger partial charge in [-0.15, -0.1) is 0 Å². The van der Waals surface area contributed by atoms with Crippen LogP contribution in [0, 0.1) is 10.1 Å². The van der Waals surface area contributed by atoms with E-state index in [1.54, 1.807) is 6.07 Å². The molecule has 0 bridgehead atoms. The molecule has 0 aliphatic carbocycles. The van der Waals surface area contributed by atoms with E-state index in [9.17, 15) is 20.0 Å². The van der Waals surface area contributed by atoms with Gasteiger partial charge in [-0.2, -0.15) is 0 Å². The molecule has 1 aliphatic heterocycles. The molecule has 0 aromatic heterocycles. The topological polar surface area (TPSA) is 104 Å². The van der Waals surface area contributed by atoms with Gasteiger partial charge in [-0.3, -0.25) is 10.1 Å². The molecule has 1 aromatic rings. The summed E-state index contributed by atoms with van der Waals surface area (Å²) in [5.41, 5.74) is -0.0834. The van der Waals surface area contributed by atoms with Crippen LogP contribution in [0.1, 0.15) is 11.6 Å². The predicted molar refractivity (Wildman–Crippen MR) is 61.7 cm³/mol. The number of hydrogen-bond donors (Lipinski definition) is 3. The van der Waals surface area contributed by atoms with Crippen LogP contribution in [0.4, 0.5) is 10.5 Å². The van der Waals surface area contributed by atoms with Crippen LogP contribution >= 0.6 is 15.9 Å². The maximum absolute atomic E-state index is 11.0. The summed E-state index contributed by atoms with van der Waals surface area (Å²) in [7, 11) is 0. The van der Waals surface area contributed by atoms with Crippen molar-refractivity contribution < 1.29 is 14.8 Å². The molecule has 17 heavy (non-hydrogen) atoms. The Morgan fingerprint density at radius 1 is 1.53 bits per heavy atom. The number of amides is 2. The zero-order valence-electron chi connectivity index (χ0n) is 8.44. The summed E-state index contributed by atoms with van der Waals surface area (Å²) in [6, 6.07) is 1.92. The van der Waals surface area contributed by atoms with E-state index < -0.39 is 22.4 Å². The summed E-state index contributed by atoms with van der Waals surface area (Å²) in [4.78, 5) is 21.0. The van der Waals surface area contributed by atoms with E-state index >= 15 is 0 Å². The van der Waals surface area contributed by atoms with Crippen LogP contribution in [-0.2, 0) is 0 Å². The van der Waals surface area contributed by atoms with Crippen molar-refractivity contribution >= 4 is 27.6 Å². The molecule has 0 radical (unpaired) electrons. The summed E-state index contributed by atoms with van der Waals surface area (Å²) in [5.74, 6) is -0.424. The number of nitrogens with one attached hydrogen (secondary N) is 2. The molecule has 7 nitrogen and oxygen atoms in total. The summed E-state index contributed by atoms with van der Waals surface area (Å²) in [6.07, 6.45) is 0. The standard InChI is InChI=1S/C9H8BrN3O4/c10-4-1-5(6-3-11-9(15)12-6)8(14)7(2-4)13(16)17/h1-2,6,14H,3H2,(H2,11,12,15)/t6-/m1/s1. The number of phenolic OH excluding ortho intramolecular Hbond substituents is 1. The molecule has 0 spiro atoms. The third kappa shape index (κ3) is 2.16. The van der Waals surface area contributed by atoms with Gasteiger partial charge in [0.25, 0.3) is 0 Å². The molecular weight excluding hydrogens is 294 g/mol. The third-order valence-electron chi connectivity index (χ3n) is 2.43. The first-order valence-electron chi connectivity index (χ1n) is 4.70. The van der Waals surface area contributed by atoms with Gasteiger partial charge in [0.15, 0.2) is 5.75 Å². The van der Waals surface area contributed by atoms with Gasteiger partial charge in [-0.1, -0.05) is 15.9 Å². The highest BCUT2D eigenvalue weighted by molar-refractivity contribution is 9.10. The Bertz CT molecular complexity index is 505. The van der Waals surface area contributed by atoms with E-state index in [0.29, 0.717) is 10.0 Å². The zero-order chi connectivity index (χ0) is 12.6. The highest BCUT2D eigenvalue weighted by atomic mass is 79.9.